The Morgan fingerprint density at radius 3 is 2.06 bits per heavy atom. The monoisotopic (exact) mass is 1310 g/mol. The molecule has 8 rings (SSSR count). The van der Waals surface area contributed by atoms with Gasteiger partial charge in [-0.1, -0.05) is 60.6 Å². The number of ether oxygens (including phenoxy) is 8. The summed E-state index contributed by atoms with van der Waals surface area (Å²) in [5, 5.41) is 86.4. The maximum absolute atomic E-state index is 13.6. The summed E-state index contributed by atoms with van der Waals surface area (Å²) in [5.74, 6) is -7.85. The Bertz CT molecular complexity index is 3140. The molecule has 0 radical (unpaired) electrons. The van der Waals surface area contributed by atoms with E-state index in [0.29, 0.717) is 18.8 Å². The number of aliphatic hydroxyl groups excluding tert-OH is 5. The number of aromatic hydroxyl groups is 2. The van der Waals surface area contributed by atoms with E-state index in [-0.39, 0.29) is 99.4 Å². The number of methoxy groups -OCH3 is 2. The van der Waals surface area contributed by atoms with Crippen LogP contribution in [0.1, 0.15) is 195 Å². The van der Waals surface area contributed by atoms with E-state index < -0.39 is 162 Å². The molecule has 19 atom stereocenters. The number of esters is 3. The molecule has 2 aliphatic carbocycles. The van der Waals surface area contributed by atoms with Crippen LogP contribution in [-0.4, -0.2) is 187 Å². The number of carbonyl (C=O) groups is 8. The van der Waals surface area contributed by atoms with Crippen molar-refractivity contribution in [2.24, 2.45) is 41.2 Å². The molecule has 0 unspecified atom stereocenters. The van der Waals surface area contributed by atoms with Gasteiger partial charge in [-0.05, 0) is 89.0 Å². The van der Waals surface area contributed by atoms with Crippen molar-refractivity contribution in [2.45, 2.75) is 237 Å². The molecule has 10 N–H and O–H groups in total. The van der Waals surface area contributed by atoms with Crippen molar-refractivity contribution in [1.82, 2.24) is 0 Å². The zero-order valence-electron chi connectivity index (χ0n) is 55.2. The van der Waals surface area contributed by atoms with E-state index in [1.807, 2.05) is 6.92 Å². The van der Waals surface area contributed by atoms with Crippen molar-refractivity contribution in [3.8, 4) is 17.2 Å². The lowest BCUT2D eigenvalue weighted by atomic mass is 9.72. The van der Waals surface area contributed by atoms with Crippen LogP contribution >= 0.6 is 0 Å². The molecule has 4 heterocycles. The fourth-order valence-corrected chi connectivity index (χ4v) is 13.8. The highest BCUT2D eigenvalue weighted by Gasteiger charge is 2.52. The van der Waals surface area contributed by atoms with Crippen LogP contribution in [0.2, 0.25) is 0 Å². The largest absolute Gasteiger partial charge is 0.507 e. The predicted octanol–water partition coefficient (Wildman–Crippen LogP) is 4.79. The van der Waals surface area contributed by atoms with Crippen LogP contribution < -0.4 is 10.5 Å². The minimum absolute atomic E-state index is 0.00210. The highest BCUT2D eigenvalue weighted by atomic mass is 16.7. The van der Waals surface area contributed by atoms with Gasteiger partial charge in [0, 0.05) is 85.8 Å². The Morgan fingerprint density at radius 1 is 0.817 bits per heavy atom. The molecule has 2 aromatic rings. The average Bonchev–Trinajstić information content (AvgIpc) is 1.03. The number of ketones is 5. The highest BCUT2D eigenvalue weighted by Crippen LogP contribution is 2.53. The van der Waals surface area contributed by atoms with Gasteiger partial charge >= 0.3 is 17.9 Å². The molecule has 516 valence electrons. The van der Waals surface area contributed by atoms with E-state index in [1.165, 1.54) is 39.3 Å². The lowest BCUT2D eigenvalue weighted by molar-refractivity contribution is -0.338. The molecular weight excluding hydrogens is 1210 g/mol. The number of rotatable bonds is 25. The summed E-state index contributed by atoms with van der Waals surface area (Å²) in [6.45, 7) is 17.0. The van der Waals surface area contributed by atoms with Crippen LogP contribution in [0.3, 0.4) is 0 Å². The van der Waals surface area contributed by atoms with Gasteiger partial charge in [0.2, 0.25) is 5.78 Å². The van der Waals surface area contributed by atoms with E-state index in [2.05, 4.69) is 25.5 Å². The summed E-state index contributed by atoms with van der Waals surface area (Å²) in [5.41, 5.74) is 1.97. The molecule has 1 spiro atoms. The summed E-state index contributed by atoms with van der Waals surface area (Å²) in [6, 6.07) is 3.64. The Hall–Kier alpha value is -5.94. The van der Waals surface area contributed by atoms with Gasteiger partial charge in [-0.3, -0.25) is 28.8 Å². The Labute approximate surface area is 541 Å². The lowest BCUT2D eigenvalue weighted by Gasteiger charge is -2.51. The molecule has 2 aromatic carbocycles. The third kappa shape index (κ3) is 16.1. The van der Waals surface area contributed by atoms with E-state index in [4.69, 9.17) is 38.9 Å². The standard InChI is InChI=1S/C41H66O13.C27H29NO11/c1-21(2)36(51-34(47)20-31(45)35-27(8)39(48)52-40(35)49)38(50-10)32(46)19-30(44)26(7)29(43)13-11-24(5)37-25(6)16-18-41(54-37)17-15-23(4)33(53-41)14-12-22(3)28(9)42;1-10-22(31)13(28)6-17(38-10)39-15-8-27(36,16(30)9-29)7-12-19(15)26(35)21-20(24(12)33)23(32)11-4-3-5-14(37-2)18(11)25(21)34/h21-26,29,31-33,36-38,43,45-46H,11-20H2,1-10H3;3-5,10,13,15,17,22,29,31,33,35-36H,6-9,28H2,1-2H3/t22-,23+,24+,25-,26-,29-,31+,32+,33-,36+,37-,38-,41+;10-,13-,15-,17-,22+,27-/m00/s1. The van der Waals surface area contributed by atoms with Crippen molar-refractivity contribution in [1.29, 1.82) is 0 Å². The van der Waals surface area contributed by atoms with Gasteiger partial charge in [0.25, 0.3) is 0 Å². The minimum Gasteiger partial charge on any atom is -0.507 e. The van der Waals surface area contributed by atoms with Crippen molar-refractivity contribution in [2.75, 3.05) is 20.8 Å². The molecule has 25 heteroatoms. The van der Waals surface area contributed by atoms with Gasteiger partial charge in [0.15, 0.2) is 23.6 Å². The molecule has 93 heavy (non-hydrogen) atoms. The molecule has 0 saturated carbocycles. The first kappa shape index (κ1) is 74.5. The quantitative estimate of drug-likeness (QED) is 0.0313. The van der Waals surface area contributed by atoms with Crippen LogP contribution in [0.4, 0.5) is 0 Å². The zero-order chi connectivity index (χ0) is 69.0. The number of fused-ring (bicyclic) bond motifs is 3. The summed E-state index contributed by atoms with van der Waals surface area (Å²) >= 11 is 0. The van der Waals surface area contributed by atoms with Crippen molar-refractivity contribution < 1.29 is 117 Å². The van der Waals surface area contributed by atoms with Crippen LogP contribution in [-0.2, 0) is 68.3 Å². The molecule has 4 aliphatic heterocycles. The number of benzene rings is 2. The molecule has 3 saturated heterocycles. The molecule has 25 nitrogen and oxygen atoms in total. The second-order valence-corrected chi connectivity index (χ2v) is 26.9. The van der Waals surface area contributed by atoms with Gasteiger partial charge in [-0.25, -0.2) is 9.59 Å². The number of phenolic OH excluding ortho intramolecular Hbond substituents is 2. The molecule has 0 aromatic heterocycles. The van der Waals surface area contributed by atoms with Crippen LogP contribution in [0.5, 0.6) is 17.2 Å². The zero-order valence-corrected chi connectivity index (χ0v) is 55.2. The summed E-state index contributed by atoms with van der Waals surface area (Å²) in [7, 11) is 2.64. The van der Waals surface area contributed by atoms with Gasteiger partial charge in [0.05, 0.1) is 84.6 Å². The summed E-state index contributed by atoms with van der Waals surface area (Å²) in [4.78, 5) is 101. The van der Waals surface area contributed by atoms with Crippen LogP contribution in [0, 0.1) is 35.5 Å². The number of hydrogen-bond acceptors (Lipinski definition) is 25. The number of hydrogen-bond donors (Lipinski definition) is 9. The predicted molar refractivity (Wildman–Crippen MR) is 329 cm³/mol. The Morgan fingerprint density at radius 2 is 1.47 bits per heavy atom. The van der Waals surface area contributed by atoms with Gasteiger partial charge in [0.1, 0.15) is 53.2 Å². The molecule has 0 amide bonds. The summed E-state index contributed by atoms with van der Waals surface area (Å²) < 4.78 is 46.1. The molecule has 3 fully saturated rings. The topological polar surface area (TPSA) is 398 Å². The number of phenols is 2. The Balaban J connectivity index is 0.000000276. The molecule has 6 aliphatic rings. The van der Waals surface area contributed by atoms with Crippen molar-refractivity contribution in [3.05, 3.63) is 62.7 Å². The van der Waals surface area contributed by atoms with Crippen molar-refractivity contribution in [3.63, 3.8) is 0 Å². The first-order chi connectivity index (χ1) is 43.6. The fraction of sp³-hybridized carbons (Fsp3) is 0.676. The number of carbonyl (C=O) groups excluding carboxylic acids is 8. The van der Waals surface area contributed by atoms with Crippen LogP contribution in [0.25, 0.3) is 0 Å². The second-order valence-electron chi connectivity index (χ2n) is 26.9. The normalized spacial score (nSPS) is 29.5. The Kier molecular flexibility index (Phi) is 24.7. The van der Waals surface area contributed by atoms with Gasteiger partial charge in [-0.15, -0.1) is 0 Å². The number of cyclic esters (lactones) is 2. The number of Topliss-reactive ketones (excluding diaryl/α,β-unsaturated/α-hetero) is 3. The van der Waals surface area contributed by atoms with Gasteiger partial charge in [-0.2, -0.15) is 0 Å². The number of aliphatic hydroxyl groups is 6. The van der Waals surface area contributed by atoms with E-state index >= 15 is 0 Å². The van der Waals surface area contributed by atoms with Crippen molar-refractivity contribution >= 4 is 46.8 Å². The first-order valence-electron chi connectivity index (χ1n) is 32.2. The maximum atomic E-state index is 13.6. The van der Waals surface area contributed by atoms with E-state index in [0.717, 1.165) is 38.5 Å². The lowest BCUT2D eigenvalue weighted by Crippen LogP contribution is -2.53. The molecule has 0 bridgehead atoms. The first-order valence-corrected chi connectivity index (χ1v) is 32.2. The second kappa shape index (κ2) is 30.9. The number of nitrogens with two attached hydrogens (primary N) is 1. The summed E-state index contributed by atoms with van der Waals surface area (Å²) in [6.07, 6.45) is -6.15. The molecular formula is C68H95NO24. The van der Waals surface area contributed by atoms with Gasteiger partial charge < -0.3 is 84.5 Å². The SMILES string of the molecule is CO[C@@H]([C@H](O)CC(=O)[C@@H](C)[C@@H](O)CC[C@@H](C)[C@@H]1O[C@]2(CC[C@@H](C)[C@H](CC[C@H](C)C(C)=O)O2)CC[C@@H]1C)[C@H](OC(=O)C[C@@H](O)C1=C(C)C(=O)OC1=O)C(C)C.COc1cccc2c1C(=O)c1c(O)c3c(c(O)c1C2=O)C[C@@](O)(C(=O)CO)C[C@@H]3O[C@H]1C[C@H](N)[C@H](O)[C@H](C)O1. The fourth-order valence-electron chi connectivity index (χ4n) is 13.8. The minimum atomic E-state index is -2.24. The third-order valence-corrected chi connectivity index (χ3v) is 19.9. The third-order valence-electron chi connectivity index (χ3n) is 19.9. The average molecular weight is 1310 g/mol. The van der Waals surface area contributed by atoms with Crippen LogP contribution in [0.15, 0.2) is 29.3 Å². The maximum Gasteiger partial charge on any atom is 0.345 e. The smallest absolute Gasteiger partial charge is 0.345 e. The highest BCUT2D eigenvalue weighted by molar-refractivity contribution is 6.31. The van der Waals surface area contributed by atoms with E-state index in [1.54, 1.807) is 34.6 Å². The van der Waals surface area contributed by atoms with E-state index in [9.17, 15) is 79.2 Å².